The molecule has 0 aliphatic heterocycles. The van der Waals surface area contributed by atoms with Crippen LogP contribution in [-0.2, 0) is 12.8 Å². The van der Waals surface area contributed by atoms with Crippen LogP contribution in [0.25, 0.3) is 33.2 Å². The van der Waals surface area contributed by atoms with E-state index in [-0.39, 0.29) is 18.6 Å². The van der Waals surface area contributed by atoms with Gasteiger partial charge in [-0.25, -0.2) is 0 Å². The number of carbonyl (C=O) groups excluding carboxylic acids is 1. The van der Waals surface area contributed by atoms with Gasteiger partial charge in [0, 0.05) is 34.0 Å². The van der Waals surface area contributed by atoms with E-state index in [0.29, 0.717) is 29.9 Å². The van der Waals surface area contributed by atoms with Crippen LogP contribution in [0.5, 0.6) is 5.75 Å². The van der Waals surface area contributed by atoms with Crippen LogP contribution in [0.2, 0.25) is 0 Å². The number of benzene rings is 3. The zero-order valence-electron chi connectivity index (χ0n) is 22.9. The van der Waals surface area contributed by atoms with Crippen molar-refractivity contribution in [3.05, 3.63) is 88.6 Å². The number of furan rings is 1. The van der Waals surface area contributed by atoms with E-state index in [1.54, 1.807) is 0 Å². The van der Waals surface area contributed by atoms with Gasteiger partial charge in [-0.3, -0.25) is 4.79 Å². The Hall–Kier alpha value is -4.03. The fourth-order valence-corrected chi connectivity index (χ4v) is 5.87. The van der Waals surface area contributed by atoms with Crippen molar-refractivity contribution in [3.8, 4) is 17.1 Å². The maximum atomic E-state index is 13.9. The molecule has 39 heavy (non-hydrogen) atoms. The van der Waals surface area contributed by atoms with Crippen molar-refractivity contribution in [1.82, 2.24) is 10.3 Å². The predicted molar refractivity (Wildman–Crippen MR) is 154 cm³/mol. The number of H-pyrrole nitrogens is 1. The highest BCUT2D eigenvalue weighted by atomic mass is 16.5. The van der Waals surface area contributed by atoms with Crippen LogP contribution in [0.1, 0.15) is 53.0 Å². The van der Waals surface area contributed by atoms with Crippen LogP contribution in [0.4, 0.5) is 0 Å². The number of rotatable bonds is 6. The summed E-state index contributed by atoms with van der Waals surface area (Å²) in [6.07, 6.45) is 1.84. The molecule has 0 saturated carbocycles. The zero-order chi connectivity index (χ0) is 27.3. The number of fused-ring (bicyclic) bond motifs is 4. The second-order valence-electron chi connectivity index (χ2n) is 11.1. The summed E-state index contributed by atoms with van der Waals surface area (Å²) in [6, 6.07) is 19.7. The standard InChI is InChI=1S/C33H34N2O4/c1-19(2)38-28-12-11-23(29-16-22-7-5-6-8-27(22)39-29)15-24(28)32(37)35-33(18-36)14-13-26-25(17-33)30-20(3)9-10-21(4)31(30)34-26/h5-12,15-16,19,34,36H,13-14,17-18H2,1-4H3,(H,35,37). The summed E-state index contributed by atoms with van der Waals surface area (Å²) in [5, 5.41) is 16.1. The van der Waals surface area contributed by atoms with E-state index in [1.165, 1.54) is 27.8 Å². The van der Waals surface area contributed by atoms with Crippen LogP contribution in [-0.4, -0.2) is 34.2 Å². The van der Waals surface area contributed by atoms with Crippen LogP contribution in [0.15, 0.2) is 65.1 Å². The summed E-state index contributed by atoms with van der Waals surface area (Å²) in [4.78, 5) is 17.5. The number of hydrogen-bond acceptors (Lipinski definition) is 4. The molecule has 1 amide bonds. The predicted octanol–water partition coefficient (Wildman–Crippen LogP) is 6.63. The lowest BCUT2D eigenvalue weighted by atomic mass is 9.79. The summed E-state index contributed by atoms with van der Waals surface area (Å²) in [5.41, 5.74) is 7.14. The number of ether oxygens (including phenoxy) is 1. The second kappa shape index (κ2) is 9.62. The number of para-hydroxylation sites is 1. The van der Waals surface area contributed by atoms with E-state index >= 15 is 0 Å². The average molecular weight is 523 g/mol. The van der Waals surface area contributed by atoms with Crippen LogP contribution in [0, 0.1) is 13.8 Å². The number of aromatic amines is 1. The first-order chi connectivity index (χ1) is 18.8. The van der Waals surface area contributed by atoms with E-state index < -0.39 is 5.54 Å². The largest absolute Gasteiger partial charge is 0.490 e. The highest BCUT2D eigenvalue weighted by molar-refractivity contribution is 5.99. The van der Waals surface area contributed by atoms with Gasteiger partial charge < -0.3 is 24.6 Å². The van der Waals surface area contributed by atoms with Crippen molar-refractivity contribution in [2.45, 2.75) is 58.6 Å². The van der Waals surface area contributed by atoms with Crippen LogP contribution in [0.3, 0.4) is 0 Å². The number of carbonyl (C=O) groups is 1. The minimum atomic E-state index is -0.778. The van der Waals surface area contributed by atoms with Gasteiger partial charge in [0.05, 0.1) is 23.8 Å². The first-order valence-corrected chi connectivity index (χ1v) is 13.6. The van der Waals surface area contributed by atoms with E-state index in [4.69, 9.17) is 9.15 Å². The van der Waals surface area contributed by atoms with Gasteiger partial charge >= 0.3 is 0 Å². The molecule has 2 heterocycles. The van der Waals surface area contributed by atoms with Gasteiger partial charge in [0.15, 0.2) is 0 Å². The average Bonchev–Trinajstić information content (AvgIpc) is 3.53. The molecule has 1 aliphatic carbocycles. The number of aliphatic hydroxyl groups is 1. The molecule has 0 bridgehead atoms. The molecule has 0 fully saturated rings. The van der Waals surface area contributed by atoms with Crippen molar-refractivity contribution in [1.29, 1.82) is 0 Å². The van der Waals surface area contributed by atoms with Gasteiger partial charge in [0.25, 0.3) is 5.91 Å². The first kappa shape index (κ1) is 25.3. The number of aromatic nitrogens is 1. The van der Waals surface area contributed by atoms with Crippen LogP contribution < -0.4 is 10.1 Å². The zero-order valence-corrected chi connectivity index (χ0v) is 22.9. The molecule has 6 nitrogen and oxygen atoms in total. The van der Waals surface area contributed by atoms with E-state index in [1.807, 2.05) is 62.4 Å². The summed E-state index contributed by atoms with van der Waals surface area (Å²) >= 11 is 0. The maximum Gasteiger partial charge on any atom is 0.255 e. The Morgan fingerprint density at radius 1 is 1.10 bits per heavy atom. The molecule has 200 valence electrons. The Morgan fingerprint density at radius 3 is 2.67 bits per heavy atom. The Balaban J connectivity index is 1.36. The minimum Gasteiger partial charge on any atom is -0.490 e. The fourth-order valence-electron chi connectivity index (χ4n) is 5.87. The van der Waals surface area contributed by atoms with Gasteiger partial charge in [0.1, 0.15) is 17.1 Å². The molecule has 6 rings (SSSR count). The molecule has 3 aromatic carbocycles. The first-order valence-electron chi connectivity index (χ1n) is 13.6. The third-order valence-corrected chi connectivity index (χ3v) is 7.91. The van der Waals surface area contributed by atoms with Gasteiger partial charge in [-0.1, -0.05) is 30.3 Å². The smallest absolute Gasteiger partial charge is 0.255 e. The summed E-state index contributed by atoms with van der Waals surface area (Å²) in [6.45, 7) is 7.94. The lowest BCUT2D eigenvalue weighted by Crippen LogP contribution is -2.54. The summed E-state index contributed by atoms with van der Waals surface area (Å²) in [5.74, 6) is 0.921. The summed E-state index contributed by atoms with van der Waals surface area (Å²) in [7, 11) is 0. The molecule has 2 aromatic heterocycles. The Kier molecular flexibility index (Phi) is 6.23. The highest BCUT2D eigenvalue weighted by Gasteiger charge is 2.38. The lowest BCUT2D eigenvalue weighted by molar-refractivity contribution is 0.0803. The number of aryl methyl sites for hydroxylation is 3. The van der Waals surface area contributed by atoms with Crippen molar-refractivity contribution in [2.75, 3.05) is 6.61 Å². The quantitative estimate of drug-likeness (QED) is 0.233. The lowest BCUT2D eigenvalue weighted by Gasteiger charge is -2.37. The molecule has 0 saturated heterocycles. The Morgan fingerprint density at radius 2 is 1.90 bits per heavy atom. The second-order valence-corrected chi connectivity index (χ2v) is 11.1. The van der Waals surface area contributed by atoms with Crippen molar-refractivity contribution >= 4 is 27.8 Å². The van der Waals surface area contributed by atoms with Gasteiger partial charge in [0.2, 0.25) is 0 Å². The minimum absolute atomic E-state index is 0.102. The SMILES string of the molecule is Cc1ccc(C)c2c3c([nH]c12)CCC(CO)(NC(=O)c1cc(-c2cc4ccccc4o2)ccc1OC(C)C)C3. The molecule has 0 radical (unpaired) electrons. The monoisotopic (exact) mass is 522 g/mol. The topological polar surface area (TPSA) is 87.5 Å². The van der Waals surface area contributed by atoms with E-state index in [0.717, 1.165) is 28.5 Å². The number of aliphatic hydroxyl groups excluding tert-OH is 1. The molecule has 5 aromatic rings. The molecule has 1 unspecified atom stereocenters. The van der Waals surface area contributed by atoms with Crippen molar-refractivity contribution in [2.24, 2.45) is 0 Å². The molecule has 1 atom stereocenters. The molecule has 3 N–H and O–H groups in total. The van der Waals surface area contributed by atoms with Gasteiger partial charge in [-0.05, 0) is 87.6 Å². The van der Waals surface area contributed by atoms with Crippen molar-refractivity contribution in [3.63, 3.8) is 0 Å². The molecule has 0 spiro atoms. The number of nitrogens with one attached hydrogen (secondary N) is 2. The van der Waals surface area contributed by atoms with Gasteiger partial charge in [-0.15, -0.1) is 0 Å². The molecule has 6 heteroatoms. The van der Waals surface area contributed by atoms with E-state index in [2.05, 4.69) is 36.3 Å². The molecular weight excluding hydrogens is 488 g/mol. The van der Waals surface area contributed by atoms with Crippen molar-refractivity contribution < 1.29 is 19.1 Å². The third-order valence-electron chi connectivity index (χ3n) is 7.91. The fraction of sp³-hybridized carbons (Fsp3) is 0.303. The Labute approximate surface area is 228 Å². The highest BCUT2D eigenvalue weighted by Crippen LogP contribution is 2.37. The summed E-state index contributed by atoms with van der Waals surface area (Å²) < 4.78 is 12.1. The molecule has 1 aliphatic rings. The van der Waals surface area contributed by atoms with Crippen LogP contribution >= 0.6 is 0 Å². The van der Waals surface area contributed by atoms with E-state index in [9.17, 15) is 9.90 Å². The normalized spacial score (nSPS) is 17.1. The van der Waals surface area contributed by atoms with Gasteiger partial charge in [-0.2, -0.15) is 0 Å². The number of hydrogen-bond donors (Lipinski definition) is 3. The number of amides is 1. The third kappa shape index (κ3) is 4.49. The molecular formula is C33H34N2O4. The maximum absolute atomic E-state index is 13.9. The Bertz CT molecular complexity index is 1680.